The molecule has 1 amide bonds. The second kappa shape index (κ2) is 8.55. The zero-order valence-electron chi connectivity index (χ0n) is 14.6. The van der Waals surface area contributed by atoms with Crippen LogP contribution in [0.15, 0.2) is 48.8 Å². The molecule has 0 saturated carbocycles. The van der Waals surface area contributed by atoms with E-state index in [2.05, 4.69) is 15.6 Å². The van der Waals surface area contributed by atoms with Crippen LogP contribution in [0.1, 0.15) is 28.8 Å². The van der Waals surface area contributed by atoms with Gasteiger partial charge in [-0.3, -0.25) is 9.78 Å². The van der Waals surface area contributed by atoms with E-state index < -0.39 is 10.4 Å². The zero-order valence-corrected chi connectivity index (χ0v) is 15.5. The van der Waals surface area contributed by atoms with E-state index in [-0.39, 0.29) is 25.0 Å². The van der Waals surface area contributed by atoms with E-state index in [1.54, 1.807) is 24.5 Å². The third kappa shape index (κ3) is 5.56. The lowest BCUT2D eigenvalue weighted by atomic mass is 10.1. The summed E-state index contributed by atoms with van der Waals surface area (Å²) in [5.74, 6) is -0.206. The Hall–Kier alpha value is -2.36. The van der Waals surface area contributed by atoms with Gasteiger partial charge in [-0.1, -0.05) is 16.0 Å². The quantitative estimate of drug-likeness (QED) is 0.735. The number of anilines is 1. The molecule has 0 bridgehead atoms. The summed E-state index contributed by atoms with van der Waals surface area (Å²) in [6.45, 7) is 0.934. The number of pyridine rings is 1. The largest absolute Gasteiger partial charge is 0.374 e. The Bertz CT molecular complexity index is 884. The third-order valence-electron chi connectivity index (χ3n) is 4.48. The number of amides is 1. The van der Waals surface area contributed by atoms with Crippen LogP contribution in [0.3, 0.4) is 0 Å². The molecular weight excluding hydrogens is 371 g/mol. The minimum Gasteiger partial charge on any atom is -0.322 e. The molecule has 2 aromatic rings. The van der Waals surface area contributed by atoms with Crippen molar-refractivity contribution in [1.29, 1.82) is 0 Å². The van der Waals surface area contributed by atoms with Gasteiger partial charge >= 0.3 is 10.4 Å². The van der Waals surface area contributed by atoms with Gasteiger partial charge < -0.3 is 10.6 Å². The van der Waals surface area contributed by atoms with Gasteiger partial charge in [0, 0.05) is 49.3 Å². The van der Waals surface area contributed by atoms with Crippen molar-refractivity contribution >= 4 is 22.0 Å². The van der Waals surface area contributed by atoms with E-state index in [0.717, 1.165) is 9.87 Å². The number of piperidine rings is 1. The Morgan fingerprint density at radius 1 is 1.19 bits per heavy atom. The van der Waals surface area contributed by atoms with Crippen molar-refractivity contribution in [1.82, 2.24) is 14.6 Å². The molecule has 0 aliphatic carbocycles. The highest BCUT2D eigenvalue weighted by atomic mass is 32.3. The maximum Gasteiger partial charge on any atom is 0.374 e. The van der Waals surface area contributed by atoms with Crippen LogP contribution in [-0.2, 0) is 17.0 Å². The molecule has 1 aliphatic heterocycles. The Balaban J connectivity index is 1.52. The van der Waals surface area contributed by atoms with Crippen molar-refractivity contribution in [2.75, 3.05) is 18.4 Å². The number of halogens is 1. The maximum absolute atomic E-state index is 13.0. The molecule has 27 heavy (non-hydrogen) atoms. The normalized spacial score (nSPS) is 16.2. The van der Waals surface area contributed by atoms with E-state index in [4.69, 9.17) is 0 Å². The summed E-state index contributed by atoms with van der Waals surface area (Å²) in [7, 11) is -4.60. The van der Waals surface area contributed by atoms with Crippen molar-refractivity contribution in [2.24, 2.45) is 0 Å². The topological polar surface area (TPSA) is 91.4 Å². The average Bonchev–Trinajstić information content (AvgIpc) is 2.67. The molecule has 144 valence electrons. The summed E-state index contributed by atoms with van der Waals surface area (Å²) in [5, 5.41) is 6.21. The first-order valence-electron chi connectivity index (χ1n) is 8.65. The highest BCUT2D eigenvalue weighted by molar-refractivity contribution is 7.83. The molecular formula is C18H21FN4O3S. The highest BCUT2D eigenvalue weighted by Gasteiger charge is 2.27. The number of hydrogen-bond acceptors (Lipinski definition) is 5. The van der Waals surface area contributed by atoms with Crippen LogP contribution in [0.4, 0.5) is 9.57 Å². The van der Waals surface area contributed by atoms with Crippen LogP contribution in [0.25, 0.3) is 0 Å². The van der Waals surface area contributed by atoms with Crippen molar-refractivity contribution in [3.8, 4) is 0 Å². The maximum atomic E-state index is 13.0. The molecule has 2 N–H and O–H groups in total. The van der Waals surface area contributed by atoms with Crippen LogP contribution >= 0.6 is 0 Å². The predicted octanol–water partition coefficient (Wildman–Crippen LogP) is 2.10. The van der Waals surface area contributed by atoms with E-state index in [9.17, 15) is 17.1 Å². The third-order valence-corrected chi connectivity index (χ3v) is 5.47. The molecule has 1 saturated heterocycles. The van der Waals surface area contributed by atoms with Crippen LogP contribution in [0, 0.1) is 0 Å². The summed E-state index contributed by atoms with van der Waals surface area (Å²) in [6, 6.07) is 10.9. The van der Waals surface area contributed by atoms with E-state index in [1.165, 1.54) is 0 Å². The number of carbonyl (C=O) groups is 1. The van der Waals surface area contributed by atoms with Gasteiger partial charge in [0.1, 0.15) is 0 Å². The molecule has 7 nitrogen and oxygen atoms in total. The molecule has 1 aromatic carbocycles. The first kappa shape index (κ1) is 19.4. The van der Waals surface area contributed by atoms with Gasteiger partial charge in [-0.15, -0.1) is 0 Å². The number of nitrogens with zero attached hydrogens (tertiary/aromatic N) is 2. The fraction of sp³-hybridized carbons (Fsp3) is 0.333. The molecule has 1 fully saturated rings. The second-order valence-corrected chi connectivity index (χ2v) is 7.73. The molecule has 9 heteroatoms. The first-order chi connectivity index (χ1) is 12.9. The Kier molecular flexibility index (Phi) is 6.15. The van der Waals surface area contributed by atoms with Crippen molar-refractivity contribution in [2.45, 2.75) is 25.4 Å². The van der Waals surface area contributed by atoms with Crippen LogP contribution in [0.2, 0.25) is 0 Å². The molecule has 1 aromatic heterocycles. The number of rotatable bonds is 6. The SMILES string of the molecule is O=C(Nc1cccc(CNC2CCN(S(=O)(=O)F)CC2)c1)c1ccncc1. The molecule has 1 aliphatic rings. The molecule has 0 atom stereocenters. The van der Waals surface area contributed by atoms with Gasteiger partial charge in [-0.2, -0.15) is 12.7 Å². The number of aromatic nitrogens is 1. The van der Waals surface area contributed by atoms with Gasteiger partial charge in [0.05, 0.1) is 0 Å². The van der Waals surface area contributed by atoms with Gasteiger partial charge in [-0.05, 0) is 42.7 Å². The summed E-state index contributed by atoms with van der Waals surface area (Å²) < 4.78 is 35.6. The lowest BCUT2D eigenvalue weighted by Gasteiger charge is -2.29. The van der Waals surface area contributed by atoms with Gasteiger partial charge in [0.2, 0.25) is 0 Å². The van der Waals surface area contributed by atoms with Crippen molar-refractivity contribution < 1.29 is 17.1 Å². The summed E-state index contributed by atoms with van der Waals surface area (Å²) >= 11 is 0. The highest BCUT2D eigenvalue weighted by Crippen LogP contribution is 2.17. The number of carbonyl (C=O) groups excluding carboxylic acids is 1. The number of benzene rings is 1. The van der Waals surface area contributed by atoms with Gasteiger partial charge in [0.15, 0.2) is 0 Å². The van der Waals surface area contributed by atoms with Crippen LogP contribution in [-0.4, -0.2) is 42.7 Å². The van der Waals surface area contributed by atoms with Crippen LogP contribution < -0.4 is 10.6 Å². The fourth-order valence-corrected chi connectivity index (χ4v) is 3.65. The standard InChI is InChI=1S/C18H21FN4O3S/c19-27(25,26)23-10-6-16(7-11-23)21-13-14-2-1-3-17(12-14)22-18(24)15-4-8-20-9-5-15/h1-5,8-9,12,16,21H,6-7,10-11,13H2,(H,22,24). The first-order valence-corrected chi connectivity index (χ1v) is 9.99. The summed E-state index contributed by atoms with van der Waals surface area (Å²) in [5.41, 5.74) is 2.21. The van der Waals surface area contributed by atoms with E-state index >= 15 is 0 Å². The molecule has 3 rings (SSSR count). The van der Waals surface area contributed by atoms with E-state index in [1.807, 2.05) is 24.3 Å². The zero-order chi connectivity index (χ0) is 19.3. The fourth-order valence-electron chi connectivity index (χ4n) is 3.01. The minimum atomic E-state index is -4.60. The molecule has 2 heterocycles. The lowest BCUT2D eigenvalue weighted by Crippen LogP contribution is -2.43. The average molecular weight is 392 g/mol. The predicted molar refractivity (Wildman–Crippen MR) is 100 cm³/mol. The molecule has 0 unspecified atom stereocenters. The molecule has 0 radical (unpaired) electrons. The monoisotopic (exact) mass is 392 g/mol. The smallest absolute Gasteiger partial charge is 0.322 e. The number of nitrogens with one attached hydrogen (secondary N) is 2. The molecule has 0 spiro atoms. The van der Waals surface area contributed by atoms with Crippen molar-refractivity contribution in [3.63, 3.8) is 0 Å². The van der Waals surface area contributed by atoms with E-state index in [0.29, 0.717) is 30.6 Å². The Morgan fingerprint density at radius 3 is 2.56 bits per heavy atom. The number of hydrogen-bond donors (Lipinski definition) is 2. The lowest BCUT2D eigenvalue weighted by molar-refractivity contribution is 0.102. The minimum absolute atomic E-state index is 0.123. The van der Waals surface area contributed by atoms with Gasteiger partial charge in [0.25, 0.3) is 5.91 Å². The van der Waals surface area contributed by atoms with Crippen LogP contribution in [0.5, 0.6) is 0 Å². The summed E-state index contributed by atoms with van der Waals surface area (Å²) in [4.78, 5) is 16.1. The van der Waals surface area contributed by atoms with Crippen molar-refractivity contribution in [3.05, 3.63) is 59.9 Å². The second-order valence-electron chi connectivity index (χ2n) is 6.39. The summed E-state index contributed by atoms with van der Waals surface area (Å²) in [6.07, 6.45) is 4.24. The Labute approximate surface area is 157 Å². The Morgan fingerprint density at radius 2 is 1.89 bits per heavy atom. The van der Waals surface area contributed by atoms with Gasteiger partial charge in [-0.25, -0.2) is 0 Å².